The van der Waals surface area contributed by atoms with E-state index in [0.29, 0.717) is 31.7 Å². The van der Waals surface area contributed by atoms with Crippen LogP contribution in [0.3, 0.4) is 0 Å². The molecule has 1 aliphatic rings. The van der Waals surface area contributed by atoms with Crippen LogP contribution in [0.5, 0.6) is 5.75 Å². The quantitative estimate of drug-likeness (QED) is 0.653. The summed E-state index contributed by atoms with van der Waals surface area (Å²) < 4.78 is 7.60. The first-order valence-corrected chi connectivity index (χ1v) is 10.4. The third-order valence-corrected chi connectivity index (χ3v) is 5.81. The summed E-state index contributed by atoms with van der Waals surface area (Å²) in [6.45, 7) is 1.82. The van der Waals surface area contributed by atoms with Crippen LogP contribution >= 0.6 is 0 Å². The van der Waals surface area contributed by atoms with Gasteiger partial charge in [0.2, 0.25) is 0 Å². The first kappa shape index (κ1) is 20.2. The third kappa shape index (κ3) is 4.54. The normalized spacial score (nSPS) is 18.9. The van der Waals surface area contributed by atoms with Gasteiger partial charge in [-0.05, 0) is 61.7 Å². The highest BCUT2D eigenvalue weighted by molar-refractivity contribution is 5.94. The molecule has 4 rings (SSSR count). The molecule has 6 heteroatoms. The smallest absolute Gasteiger partial charge is 0.253 e. The van der Waals surface area contributed by atoms with Gasteiger partial charge in [0.05, 0.1) is 18.9 Å². The molecule has 2 aromatic carbocycles. The zero-order valence-electron chi connectivity index (χ0n) is 17.0. The van der Waals surface area contributed by atoms with Crippen LogP contribution < -0.4 is 4.74 Å². The van der Waals surface area contributed by atoms with Gasteiger partial charge in [0.25, 0.3) is 5.91 Å². The van der Waals surface area contributed by atoms with E-state index >= 15 is 0 Å². The maximum absolute atomic E-state index is 13.1. The number of aliphatic hydroxyl groups excluding tert-OH is 1. The fourth-order valence-electron chi connectivity index (χ4n) is 4.06. The highest BCUT2D eigenvalue weighted by Gasteiger charge is 2.37. The van der Waals surface area contributed by atoms with Crippen LogP contribution in [0.15, 0.2) is 73.1 Å². The van der Waals surface area contributed by atoms with E-state index in [0.717, 1.165) is 24.3 Å². The van der Waals surface area contributed by atoms with Gasteiger partial charge >= 0.3 is 0 Å². The predicted octanol–water partition coefficient (Wildman–Crippen LogP) is 3.56. The first-order chi connectivity index (χ1) is 14.7. The number of piperidine rings is 1. The molecule has 1 aromatic heterocycles. The Hall–Kier alpha value is -3.12. The Morgan fingerprint density at radius 3 is 2.60 bits per heavy atom. The second-order valence-corrected chi connectivity index (χ2v) is 7.90. The second-order valence-electron chi connectivity index (χ2n) is 7.90. The number of nitrogens with zero attached hydrogens (tertiary/aromatic N) is 3. The molecule has 1 saturated heterocycles. The third-order valence-electron chi connectivity index (χ3n) is 5.81. The van der Waals surface area contributed by atoms with E-state index in [1.807, 2.05) is 71.8 Å². The molecule has 1 amide bonds. The number of amides is 1. The van der Waals surface area contributed by atoms with Crippen LogP contribution in [-0.2, 0) is 0 Å². The van der Waals surface area contributed by atoms with Gasteiger partial charge in [0.1, 0.15) is 5.75 Å². The highest BCUT2D eigenvalue weighted by atomic mass is 16.5. The van der Waals surface area contributed by atoms with E-state index in [1.165, 1.54) is 0 Å². The summed E-state index contributed by atoms with van der Waals surface area (Å²) in [5, 5.41) is 14.4. The minimum atomic E-state index is -0.322. The average molecular weight is 405 g/mol. The van der Waals surface area contributed by atoms with Crippen LogP contribution in [0.25, 0.3) is 5.69 Å². The maximum atomic E-state index is 13.1. The van der Waals surface area contributed by atoms with Crippen LogP contribution in [-0.4, -0.2) is 52.0 Å². The molecule has 30 heavy (non-hydrogen) atoms. The standard InChI is InChI=1S/C24H27N3O3/c28-19-24(13-17-30-22-6-2-1-3-7-22)12-4-15-26(18-24)23(29)20-8-10-21(11-9-20)27-16-5-14-25-27/h1-3,5-11,14,16,28H,4,12-13,15,17-19H2/t24-/m1/s1. The fraction of sp³-hybridized carbons (Fsp3) is 0.333. The molecule has 3 aromatic rings. The van der Waals surface area contributed by atoms with Gasteiger partial charge < -0.3 is 14.7 Å². The van der Waals surface area contributed by atoms with Crippen molar-refractivity contribution in [2.45, 2.75) is 19.3 Å². The number of para-hydroxylation sites is 1. The Bertz CT molecular complexity index is 942. The molecular weight excluding hydrogens is 378 g/mol. The number of carbonyl (C=O) groups is 1. The molecule has 0 aliphatic carbocycles. The summed E-state index contributed by atoms with van der Waals surface area (Å²) in [5.74, 6) is 0.829. The zero-order chi connectivity index (χ0) is 20.8. The summed E-state index contributed by atoms with van der Waals surface area (Å²) >= 11 is 0. The first-order valence-electron chi connectivity index (χ1n) is 10.4. The lowest BCUT2D eigenvalue weighted by molar-refractivity contribution is 0.0156. The van der Waals surface area contributed by atoms with Gasteiger partial charge in [0, 0.05) is 36.5 Å². The van der Waals surface area contributed by atoms with Crippen molar-refractivity contribution in [2.75, 3.05) is 26.3 Å². The zero-order valence-corrected chi connectivity index (χ0v) is 17.0. The van der Waals surface area contributed by atoms with Crippen molar-refractivity contribution in [1.29, 1.82) is 0 Å². The summed E-state index contributed by atoms with van der Waals surface area (Å²) in [7, 11) is 0. The van der Waals surface area contributed by atoms with Crippen molar-refractivity contribution in [3.05, 3.63) is 78.6 Å². The van der Waals surface area contributed by atoms with E-state index in [9.17, 15) is 9.90 Å². The van der Waals surface area contributed by atoms with E-state index in [2.05, 4.69) is 5.10 Å². The van der Waals surface area contributed by atoms with Crippen molar-refractivity contribution < 1.29 is 14.6 Å². The predicted molar refractivity (Wildman–Crippen MR) is 115 cm³/mol. The lowest BCUT2D eigenvalue weighted by Crippen LogP contribution is -2.48. The number of carbonyl (C=O) groups excluding carboxylic acids is 1. The second kappa shape index (κ2) is 9.13. The van der Waals surface area contributed by atoms with Crippen molar-refractivity contribution >= 4 is 5.91 Å². The van der Waals surface area contributed by atoms with Crippen LogP contribution in [0.1, 0.15) is 29.6 Å². The summed E-state index contributed by atoms with van der Waals surface area (Å²) in [5.41, 5.74) is 1.25. The molecule has 0 radical (unpaired) electrons. The Morgan fingerprint density at radius 2 is 1.90 bits per heavy atom. The van der Waals surface area contributed by atoms with E-state index in [4.69, 9.17) is 4.74 Å². The van der Waals surface area contributed by atoms with Gasteiger partial charge in [-0.3, -0.25) is 4.79 Å². The molecule has 0 unspecified atom stereocenters. The Labute approximate surface area is 176 Å². The topological polar surface area (TPSA) is 67.6 Å². The molecule has 0 saturated carbocycles. The summed E-state index contributed by atoms with van der Waals surface area (Å²) in [6.07, 6.45) is 6.07. The maximum Gasteiger partial charge on any atom is 0.253 e. The van der Waals surface area contributed by atoms with Crippen molar-refractivity contribution in [3.8, 4) is 11.4 Å². The molecule has 2 heterocycles. The summed E-state index contributed by atoms with van der Waals surface area (Å²) in [6, 6.07) is 19.0. The number of ether oxygens (including phenoxy) is 1. The van der Waals surface area contributed by atoms with Crippen molar-refractivity contribution in [3.63, 3.8) is 0 Å². The van der Waals surface area contributed by atoms with Crippen LogP contribution in [0.4, 0.5) is 0 Å². The molecule has 156 valence electrons. The van der Waals surface area contributed by atoms with E-state index in [-0.39, 0.29) is 17.9 Å². The highest BCUT2D eigenvalue weighted by Crippen LogP contribution is 2.34. The molecule has 1 N–H and O–H groups in total. The van der Waals surface area contributed by atoms with Gasteiger partial charge in [-0.1, -0.05) is 18.2 Å². The van der Waals surface area contributed by atoms with Gasteiger partial charge in [-0.15, -0.1) is 0 Å². The Morgan fingerprint density at radius 1 is 1.10 bits per heavy atom. The van der Waals surface area contributed by atoms with Crippen molar-refractivity contribution in [1.82, 2.24) is 14.7 Å². The average Bonchev–Trinajstić information content (AvgIpc) is 3.35. The number of hydrogen-bond donors (Lipinski definition) is 1. The van der Waals surface area contributed by atoms with E-state index < -0.39 is 0 Å². The molecule has 1 atom stereocenters. The van der Waals surface area contributed by atoms with Gasteiger partial charge in [-0.2, -0.15) is 5.10 Å². The summed E-state index contributed by atoms with van der Waals surface area (Å²) in [4.78, 5) is 15.0. The lowest BCUT2D eigenvalue weighted by atomic mass is 9.78. The minimum absolute atomic E-state index is 0.00326. The number of benzene rings is 2. The Kier molecular flexibility index (Phi) is 6.14. The molecule has 0 bridgehead atoms. The minimum Gasteiger partial charge on any atom is -0.494 e. The van der Waals surface area contributed by atoms with E-state index in [1.54, 1.807) is 10.9 Å². The molecule has 0 spiro atoms. The largest absolute Gasteiger partial charge is 0.494 e. The number of rotatable bonds is 7. The van der Waals surface area contributed by atoms with Gasteiger partial charge in [0.15, 0.2) is 0 Å². The Balaban J connectivity index is 1.39. The van der Waals surface area contributed by atoms with Crippen LogP contribution in [0.2, 0.25) is 0 Å². The van der Waals surface area contributed by atoms with Crippen LogP contribution in [0, 0.1) is 5.41 Å². The molecule has 6 nitrogen and oxygen atoms in total. The SMILES string of the molecule is O=C(c1ccc(-n2cccn2)cc1)N1CCC[C@@](CO)(CCOc2ccccc2)C1. The molecular formula is C24H27N3O3. The fourth-order valence-corrected chi connectivity index (χ4v) is 4.06. The van der Waals surface area contributed by atoms with Crippen molar-refractivity contribution in [2.24, 2.45) is 5.41 Å². The monoisotopic (exact) mass is 405 g/mol. The number of aliphatic hydroxyl groups is 1. The van der Waals surface area contributed by atoms with Gasteiger partial charge in [-0.25, -0.2) is 4.68 Å². The number of hydrogen-bond acceptors (Lipinski definition) is 4. The molecule has 1 aliphatic heterocycles. The lowest BCUT2D eigenvalue weighted by Gasteiger charge is -2.42. The number of aromatic nitrogens is 2. The molecule has 1 fully saturated rings. The number of likely N-dealkylation sites (tertiary alicyclic amines) is 1.